The van der Waals surface area contributed by atoms with Crippen molar-refractivity contribution < 1.29 is 0 Å². The van der Waals surface area contributed by atoms with E-state index in [2.05, 4.69) is 194 Å². The van der Waals surface area contributed by atoms with E-state index in [1.807, 2.05) is 0 Å². The van der Waals surface area contributed by atoms with Crippen molar-refractivity contribution in [2.24, 2.45) is 0 Å². The molecule has 0 N–H and O–H groups in total. The van der Waals surface area contributed by atoms with E-state index in [4.69, 9.17) is 0 Å². The molecule has 0 radical (unpaired) electrons. The van der Waals surface area contributed by atoms with Crippen LogP contribution in [0.15, 0.2) is 194 Å². The monoisotopic (exact) mass is 608 g/mol. The molecule has 0 heteroatoms. The molecule has 0 aliphatic carbocycles. The summed E-state index contributed by atoms with van der Waals surface area (Å²) in [6, 6.07) is 70.8. The van der Waals surface area contributed by atoms with Crippen LogP contribution in [0.3, 0.4) is 0 Å². The molecule has 0 atom stereocenters. The van der Waals surface area contributed by atoms with Gasteiger partial charge in [0, 0.05) is 0 Å². The molecular weight excluding hydrogens is 577 g/mol. The van der Waals surface area contributed by atoms with Gasteiger partial charge >= 0.3 is 0 Å². The van der Waals surface area contributed by atoms with Crippen molar-refractivity contribution in [3.05, 3.63) is 194 Å². The van der Waals surface area contributed by atoms with Crippen LogP contribution < -0.4 is 0 Å². The van der Waals surface area contributed by atoms with Crippen molar-refractivity contribution in [1.29, 1.82) is 0 Å². The molecule has 0 bridgehead atoms. The van der Waals surface area contributed by atoms with Crippen molar-refractivity contribution in [3.63, 3.8) is 0 Å². The zero-order valence-corrected chi connectivity index (χ0v) is 26.5. The number of benzene rings is 9. The third-order valence-corrected chi connectivity index (χ3v) is 9.62. The molecule has 0 saturated heterocycles. The van der Waals surface area contributed by atoms with Gasteiger partial charge in [0.25, 0.3) is 0 Å². The van der Waals surface area contributed by atoms with E-state index in [1.165, 1.54) is 88.0 Å². The van der Waals surface area contributed by atoms with Gasteiger partial charge in [0.05, 0.1) is 0 Å². The van der Waals surface area contributed by atoms with Crippen molar-refractivity contribution in [2.75, 3.05) is 0 Å². The van der Waals surface area contributed by atoms with Crippen molar-refractivity contribution in [3.8, 4) is 55.6 Å². The Morgan fingerprint density at radius 2 is 0.646 bits per heavy atom. The molecule has 0 aliphatic rings. The minimum absolute atomic E-state index is 1.22. The van der Waals surface area contributed by atoms with Gasteiger partial charge in [-0.05, 0) is 118 Å². The zero-order chi connectivity index (χ0) is 31.9. The Morgan fingerprint density at radius 3 is 1.33 bits per heavy atom. The maximum atomic E-state index is 2.34. The van der Waals surface area contributed by atoms with E-state index >= 15 is 0 Å². The number of rotatable bonds is 5. The first-order chi connectivity index (χ1) is 23.8. The average molecular weight is 609 g/mol. The van der Waals surface area contributed by atoms with Gasteiger partial charge in [0.1, 0.15) is 0 Å². The molecule has 0 unspecified atom stereocenters. The minimum Gasteiger partial charge on any atom is -0.0622 e. The minimum atomic E-state index is 1.22. The maximum absolute atomic E-state index is 2.34. The van der Waals surface area contributed by atoms with E-state index in [0.29, 0.717) is 0 Å². The highest BCUT2D eigenvalue weighted by Crippen LogP contribution is 2.41. The van der Waals surface area contributed by atoms with Crippen LogP contribution in [0.5, 0.6) is 0 Å². The molecule has 9 aromatic rings. The second kappa shape index (κ2) is 11.8. The van der Waals surface area contributed by atoms with Gasteiger partial charge in [-0.3, -0.25) is 0 Å². The Kier molecular flexibility index (Phi) is 6.91. The van der Waals surface area contributed by atoms with E-state index in [9.17, 15) is 0 Å². The van der Waals surface area contributed by atoms with Gasteiger partial charge in [-0.25, -0.2) is 0 Å². The number of hydrogen-bond acceptors (Lipinski definition) is 0. The molecule has 9 rings (SSSR count). The van der Waals surface area contributed by atoms with Crippen LogP contribution in [0.2, 0.25) is 0 Å². The van der Waals surface area contributed by atoms with Crippen LogP contribution >= 0.6 is 0 Å². The molecule has 0 amide bonds. The summed E-state index contributed by atoms with van der Waals surface area (Å²) >= 11 is 0. The first-order valence-electron chi connectivity index (χ1n) is 16.6. The van der Waals surface area contributed by atoms with Gasteiger partial charge in [0.15, 0.2) is 0 Å². The summed E-state index contributed by atoms with van der Waals surface area (Å²) < 4.78 is 0. The second-order valence-corrected chi connectivity index (χ2v) is 12.6. The van der Waals surface area contributed by atoms with Crippen molar-refractivity contribution in [1.82, 2.24) is 0 Å². The first-order valence-corrected chi connectivity index (χ1v) is 16.6. The fourth-order valence-corrected chi connectivity index (χ4v) is 7.14. The summed E-state index contributed by atoms with van der Waals surface area (Å²) in [5.74, 6) is 0. The van der Waals surface area contributed by atoms with Gasteiger partial charge in [0.2, 0.25) is 0 Å². The molecule has 0 heterocycles. The lowest BCUT2D eigenvalue weighted by Crippen LogP contribution is -1.90. The molecule has 9 aromatic carbocycles. The SMILES string of the molecule is c1ccc(-c2ccc3cc(-c4ccc5c(-c6ccccc6)c(-c6cccc(-c7ccc8ccccc8c7)c6)ccc5c4)ccc3c2)cc1. The first kappa shape index (κ1) is 28.0. The van der Waals surface area contributed by atoms with Gasteiger partial charge in [-0.2, -0.15) is 0 Å². The summed E-state index contributed by atoms with van der Waals surface area (Å²) in [4.78, 5) is 0. The highest BCUT2D eigenvalue weighted by atomic mass is 14.2. The molecule has 0 aliphatic heterocycles. The Morgan fingerprint density at radius 1 is 0.208 bits per heavy atom. The predicted molar refractivity (Wildman–Crippen MR) is 206 cm³/mol. The summed E-state index contributed by atoms with van der Waals surface area (Å²) in [7, 11) is 0. The van der Waals surface area contributed by atoms with E-state index < -0.39 is 0 Å². The molecule has 0 spiro atoms. The van der Waals surface area contributed by atoms with Crippen LogP contribution in [0.25, 0.3) is 88.0 Å². The topological polar surface area (TPSA) is 0 Å². The largest absolute Gasteiger partial charge is 0.0622 e. The van der Waals surface area contributed by atoms with Crippen LogP contribution in [-0.2, 0) is 0 Å². The summed E-state index contributed by atoms with van der Waals surface area (Å²) in [5.41, 5.74) is 12.3. The van der Waals surface area contributed by atoms with Crippen LogP contribution in [0, 0.1) is 0 Å². The highest BCUT2D eigenvalue weighted by Gasteiger charge is 2.14. The van der Waals surface area contributed by atoms with E-state index in [1.54, 1.807) is 0 Å². The Bertz CT molecular complexity index is 2590. The van der Waals surface area contributed by atoms with Crippen molar-refractivity contribution >= 4 is 32.3 Å². The molecule has 0 fully saturated rings. The van der Waals surface area contributed by atoms with Crippen molar-refractivity contribution in [2.45, 2.75) is 0 Å². The Labute approximate surface area is 281 Å². The fraction of sp³-hybridized carbons (Fsp3) is 0. The normalized spacial score (nSPS) is 11.3. The van der Waals surface area contributed by atoms with Crippen LogP contribution in [0.4, 0.5) is 0 Å². The molecule has 0 nitrogen and oxygen atoms in total. The molecule has 48 heavy (non-hydrogen) atoms. The summed E-state index contributed by atoms with van der Waals surface area (Å²) in [6.45, 7) is 0. The van der Waals surface area contributed by atoms with E-state index in [-0.39, 0.29) is 0 Å². The lowest BCUT2D eigenvalue weighted by Gasteiger charge is -2.16. The van der Waals surface area contributed by atoms with Gasteiger partial charge in [-0.1, -0.05) is 164 Å². The Balaban J connectivity index is 1.13. The fourth-order valence-electron chi connectivity index (χ4n) is 7.14. The molecule has 224 valence electrons. The molecule has 0 aromatic heterocycles. The zero-order valence-electron chi connectivity index (χ0n) is 26.5. The third-order valence-electron chi connectivity index (χ3n) is 9.62. The summed E-state index contributed by atoms with van der Waals surface area (Å²) in [5, 5.41) is 7.52. The highest BCUT2D eigenvalue weighted by molar-refractivity contribution is 6.06. The summed E-state index contributed by atoms with van der Waals surface area (Å²) in [6.07, 6.45) is 0. The lowest BCUT2D eigenvalue weighted by atomic mass is 9.87. The van der Waals surface area contributed by atoms with Gasteiger partial charge < -0.3 is 0 Å². The molecular formula is C48H32. The quantitative estimate of drug-likeness (QED) is 0.182. The smallest absolute Gasteiger partial charge is 0.00268 e. The number of hydrogen-bond donors (Lipinski definition) is 0. The maximum Gasteiger partial charge on any atom is -0.00268 e. The second-order valence-electron chi connectivity index (χ2n) is 12.6. The van der Waals surface area contributed by atoms with Gasteiger partial charge in [-0.15, -0.1) is 0 Å². The predicted octanol–water partition coefficient (Wildman–Crippen LogP) is 13.5. The lowest BCUT2D eigenvalue weighted by molar-refractivity contribution is 1.59. The molecule has 0 saturated carbocycles. The average Bonchev–Trinajstić information content (AvgIpc) is 3.17. The van der Waals surface area contributed by atoms with Crippen LogP contribution in [-0.4, -0.2) is 0 Å². The van der Waals surface area contributed by atoms with E-state index in [0.717, 1.165) is 0 Å². The third kappa shape index (κ3) is 5.14. The Hall–Kier alpha value is -6.24. The van der Waals surface area contributed by atoms with Crippen LogP contribution in [0.1, 0.15) is 0 Å². The standard InChI is InChI=1S/C48H32/c1-3-10-33(11-4-1)38-20-21-41-30-42(23-22-40(41)29-38)43-24-26-47-45(32-43)25-27-46(48(47)35-13-5-2-6-14-35)44-17-9-16-37(31-44)39-19-18-34-12-7-8-15-36(34)28-39/h1-32H. The number of fused-ring (bicyclic) bond motifs is 3.